The first-order valence-electron chi connectivity index (χ1n) is 5.79. The normalized spacial score (nSPS) is 8.48. The molecule has 1 rings (SSSR count). The number of nitrogens with two attached hydrogens (primary N) is 3. The second-order valence-electron chi connectivity index (χ2n) is 3.30. The largest absolute Gasteiger partial charge is 0.483 e. The van der Waals surface area contributed by atoms with Crippen LogP contribution in [0.5, 0.6) is 0 Å². The van der Waals surface area contributed by atoms with E-state index in [0.29, 0.717) is 5.56 Å². The SMILES string of the molecule is NNC(=O)/C=C\C(=O)NN.NNC(=O)c1ccccc1.O=CO. The molecule has 11 heteroatoms. The van der Waals surface area contributed by atoms with Crippen LogP contribution in [0.15, 0.2) is 42.5 Å². The summed E-state index contributed by atoms with van der Waals surface area (Å²) >= 11 is 0. The zero-order valence-electron chi connectivity index (χ0n) is 11.9. The monoisotopic (exact) mass is 326 g/mol. The zero-order chi connectivity index (χ0) is 18.1. The molecule has 0 saturated heterocycles. The summed E-state index contributed by atoms with van der Waals surface area (Å²) in [6, 6.07) is 8.80. The molecule has 0 radical (unpaired) electrons. The van der Waals surface area contributed by atoms with E-state index in [1.807, 2.05) is 11.5 Å². The lowest BCUT2D eigenvalue weighted by Crippen LogP contribution is -2.30. The highest BCUT2D eigenvalue weighted by molar-refractivity contribution is 5.96. The first kappa shape index (κ1) is 22.0. The second-order valence-corrected chi connectivity index (χ2v) is 3.30. The molecule has 0 saturated carbocycles. The van der Waals surface area contributed by atoms with Crippen molar-refractivity contribution in [2.45, 2.75) is 0 Å². The molecule has 0 fully saturated rings. The molecule has 1 aromatic carbocycles. The van der Waals surface area contributed by atoms with E-state index < -0.39 is 11.8 Å². The van der Waals surface area contributed by atoms with Crippen molar-refractivity contribution in [3.05, 3.63) is 48.0 Å². The molecule has 0 unspecified atom stereocenters. The minimum atomic E-state index is -0.566. The number of carbonyl (C=O) groups is 4. The van der Waals surface area contributed by atoms with Crippen LogP contribution < -0.4 is 33.8 Å². The number of carboxylic acid groups (broad SMARTS) is 1. The van der Waals surface area contributed by atoms with Gasteiger partial charge in [0.15, 0.2) is 0 Å². The number of hydrogen-bond donors (Lipinski definition) is 7. The van der Waals surface area contributed by atoms with Crippen molar-refractivity contribution in [2.24, 2.45) is 17.5 Å². The van der Waals surface area contributed by atoms with Gasteiger partial charge in [-0.05, 0) is 12.1 Å². The molecule has 3 amide bonds. The number of carbonyl (C=O) groups excluding carboxylic acids is 3. The summed E-state index contributed by atoms with van der Waals surface area (Å²) in [6.07, 6.45) is 1.92. The molecule has 0 aliphatic rings. The molecule has 0 aliphatic heterocycles. The molecule has 0 atom stereocenters. The molecule has 126 valence electrons. The fourth-order valence-corrected chi connectivity index (χ4v) is 0.920. The number of benzene rings is 1. The maximum Gasteiger partial charge on any atom is 0.290 e. The van der Waals surface area contributed by atoms with Crippen molar-refractivity contribution < 1.29 is 24.3 Å². The van der Waals surface area contributed by atoms with Gasteiger partial charge in [-0.25, -0.2) is 17.5 Å². The van der Waals surface area contributed by atoms with Gasteiger partial charge in [0.25, 0.3) is 24.2 Å². The average molecular weight is 326 g/mol. The molecule has 0 aliphatic carbocycles. The van der Waals surface area contributed by atoms with E-state index >= 15 is 0 Å². The summed E-state index contributed by atoms with van der Waals surface area (Å²) in [5.74, 6) is 12.9. The Morgan fingerprint density at radius 3 is 1.57 bits per heavy atom. The van der Waals surface area contributed by atoms with Gasteiger partial charge in [0, 0.05) is 17.7 Å². The fourth-order valence-electron chi connectivity index (χ4n) is 0.920. The van der Waals surface area contributed by atoms with Crippen LogP contribution in [0.4, 0.5) is 0 Å². The number of nitrogen functional groups attached to an aromatic ring is 1. The van der Waals surface area contributed by atoms with Gasteiger partial charge in [-0.2, -0.15) is 0 Å². The average Bonchev–Trinajstić information content (AvgIpc) is 2.60. The lowest BCUT2D eigenvalue weighted by atomic mass is 10.2. The Hall–Kier alpha value is -3.28. The van der Waals surface area contributed by atoms with Crippen LogP contribution in [0.25, 0.3) is 0 Å². The lowest BCUT2D eigenvalue weighted by Gasteiger charge is -1.95. The van der Waals surface area contributed by atoms with Gasteiger partial charge in [-0.1, -0.05) is 18.2 Å². The maximum absolute atomic E-state index is 10.8. The summed E-state index contributed by atoms with van der Waals surface area (Å²) in [5, 5.41) is 6.89. The number of amides is 3. The Morgan fingerprint density at radius 1 is 0.870 bits per heavy atom. The Balaban J connectivity index is 0. The third-order valence-electron chi connectivity index (χ3n) is 1.84. The van der Waals surface area contributed by atoms with Gasteiger partial charge in [0.05, 0.1) is 0 Å². The topological polar surface area (TPSA) is 203 Å². The van der Waals surface area contributed by atoms with Crippen LogP contribution in [0.3, 0.4) is 0 Å². The third kappa shape index (κ3) is 13.5. The van der Waals surface area contributed by atoms with Gasteiger partial charge < -0.3 is 5.11 Å². The number of nitrogens with one attached hydrogen (secondary N) is 3. The van der Waals surface area contributed by atoms with Crippen LogP contribution in [-0.2, 0) is 14.4 Å². The number of hydrogen-bond acceptors (Lipinski definition) is 7. The van der Waals surface area contributed by atoms with Crippen molar-refractivity contribution in [1.82, 2.24) is 16.3 Å². The van der Waals surface area contributed by atoms with Crippen molar-refractivity contribution in [3.8, 4) is 0 Å². The molecule has 1 aromatic rings. The van der Waals surface area contributed by atoms with E-state index in [1.54, 1.807) is 35.1 Å². The minimum absolute atomic E-state index is 0.250. The van der Waals surface area contributed by atoms with Gasteiger partial charge in [0.2, 0.25) is 0 Å². The molecule has 0 spiro atoms. The summed E-state index contributed by atoms with van der Waals surface area (Å²) in [7, 11) is 0. The predicted molar refractivity (Wildman–Crippen MR) is 80.6 cm³/mol. The summed E-state index contributed by atoms with van der Waals surface area (Å²) in [5.41, 5.74) is 6.21. The first-order chi connectivity index (χ1) is 11.0. The molecule has 23 heavy (non-hydrogen) atoms. The van der Waals surface area contributed by atoms with Crippen LogP contribution in [0.1, 0.15) is 10.4 Å². The van der Waals surface area contributed by atoms with Crippen LogP contribution in [0, 0.1) is 0 Å². The Bertz CT molecular complexity index is 502. The molecule has 0 aromatic heterocycles. The van der Waals surface area contributed by atoms with E-state index in [4.69, 9.17) is 15.7 Å². The van der Waals surface area contributed by atoms with Crippen LogP contribution >= 0.6 is 0 Å². The Labute approximate surface area is 131 Å². The fraction of sp³-hybridized carbons (Fsp3) is 0. The van der Waals surface area contributed by atoms with E-state index in [2.05, 4.69) is 11.7 Å². The van der Waals surface area contributed by atoms with Gasteiger partial charge in [-0.3, -0.25) is 35.5 Å². The molecular weight excluding hydrogens is 308 g/mol. The van der Waals surface area contributed by atoms with Crippen LogP contribution in [0.2, 0.25) is 0 Å². The standard InChI is InChI=1S/C7H8N2O.C4H8N4O2.CH2O2/c8-9-7(10)6-4-2-1-3-5-6;5-7-3(9)1-2-4(10)8-6;2-1-3/h1-5H,8H2,(H,9,10);1-2H,5-6H2,(H,7,9)(H,8,10);1H,(H,2,3)/b;2-1-;. The van der Waals surface area contributed by atoms with E-state index in [9.17, 15) is 14.4 Å². The van der Waals surface area contributed by atoms with Crippen molar-refractivity contribution in [3.63, 3.8) is 0 Å². The predicted octanol–water partition coefficient (Wildman–Crippen LogP) is -2.49. The van der Waals surface area contributed by atoms with Gasteiger partial charge in [0.1, 0.15) is 0 Å². The van der Waals surface area contributed by atoms with Gasteiger partial charge in [-0.15, -0.1) is 0 Å². The maximum atomic E-state index is 10.8. The quantitative estimate of drug-likeness (QED) is 0.104. The zero-order valence-corrected chi connectivity index (χ0v) is 11.9. The number of hydrazine groups is 3. The molecule has 0 bridgehead atoms. The molecule has 11 nitrogen and oxygen atoms in total. The highest BCUT2D eigenvalue weighted by Crippen LogP contribution is 1.95. The Morgan fingerprint density at radius 2 is 1.26 bits per heavy atom. The van der Waals surface area contributed by atoms with Gasteiger partial charge >= 0.3 is 0 Å². The molecular formula is C12H18N6O5. The van der Waals surface area contributed by atoms with Crippen LogP contribution in [-0.4, -0.2) is 29.3 Å². The summed E-state index contributed by atoms with van der Waals surface area (Å²) in [6.45, 7) is -0.250. The highest BCUT2D eigenvalue weighted by atomic mass is 16.3. The van der Waals surface area contributed by atoms with E-state index in [0.717, 1.165) is 12.2 Å². The molecule has 10 N–H and O–H groups in total. The molecule has 0 heterocycles. The smallest absolute Gasteiger partial charge is 0.290 e. The highest BCUT2D eigenvalue weighted by Gasteiger charge is 1.98. The second kappa shape index (κ2) is 15.1. The minimum Gasteiger partial charge on any atom is -0.483 e. The lowest BCUT2D eigenvalue weighted by molar-refractivity contribution is -0.123. The third-order valence-corrected chi connectivity index (χ3v) is 1.84. The van der Waals surface area contributed by atoms with E-state index in [-0.39, 0.29) is 12.4 Å². The number of rotatable bonds is 3. The van der Waals surface area contributed by atoms with E-state index in [1.165, 1.54) is 0 Å². The van der Waals surface area contributed by atoms with Crippen molar-refractivity contribution in [2.75, 3.05) is 0 Å². The summed E-state index contributed by atoms with van der Waals surface area (Å²) < 4.78 is 0. The Kier molecular flexibility index (Phi) is 14.5. The summed E-state index contributed by atoms with van der Waals surface area (Å²) in [4.78, 5) is 39.7. The van der Waals surface area contributed by atoms with Crippen molar-refractivity contribution in [1.29, 1.82) is 0 Å². The first-order valence-corrected chi connectivity index (χ1v) is 5.79. The van der Waals surface area contributed by atoms with Crippen molar-refractivity contribution >= 4 is 24.2 Å².